The van der Waals surface area contributed by atoms with Gasteiger partial charge in [0.05, 0.1) is 16.0 Å². The second-order valence-electron chi connectivity index (χ2n) is 5.63. The molecule has 0 fully saturated rings. The van der Waals surface area contributed by atoms with Crippen LogP contribution in [0.25, 0.3) is 10.2 Å². The Morgan fingerprint density at radius 2 is 2.08 bits per heavy atom. The molecule has 26 heavy (non-hydrogen) atoms. The van der Waals surface area contributed by atoms with Crippen LogP contribution in [0.15, 0.2) is 47.6 Å². The van der Waals surface area contributed by atoms with E-state index in [0.29, 0.717) is 17.6 Å². The van der Waals surface area contributed by atoms with Gasteiger partial charge in [0.15, 0.2) is 5.82 Å². The van der Waals surface area contributed by atoms with E-state index >= 15 is 0 Å². The topological polar surface area (TPSA) is 63.7 Å². The highest BCUT2D eigenvalue weighted by atomic mass is 35.5. The molecule has 0 unspecified atom stereocenters. The highest BCUT2D eigenvalue weighted by molar-refractivity contribution is 7.98. The number of nitrogens with zero attached hydrogens (tertiary/aromatic N) is 3. The van der Waals surface area contributed by atoms with E-state index in [4.69, 9.17) is 16.3 Å². The van der Waals surface area contributed by atoms with Crippen molar-refractivity contribution in [2.45, 2.75) is 24.4 Å². The van der Waals surface area contributed by atoms with Crippen LogP contribution in [0.1, 0.15) is 16.4 Å². The fourth-order valence-corrected chi connectivity index (χ4v) is 4.27. The summed E-state index contributed by atoms with van der Waals surface area (Å²) >= 11 is 9.28. The summed E-state index contributed by atoms with van der Waals surface area (Å²) in [6.07, 6.45) is 0. The number of thioether (sulfide) groups is 1. The Hall–Kier alpha value is -2.09. The summed E-state index contributed by atoms with van der Waals surface area (Å²) in [6, 6.07) is 13.7. The van der Waals surface area contributed by atoms with Crippen molar-refractivity contribution in [2.24, 2.45) is 0 Å². The maximum atomic E-state index is 6.02. The van der Waals surface area contributed by atoms with Gasteiger partial charge in [-0.3, -0.25) is 5.10 Å². The predicted molar refractivity (Wildman–Crippen MR) is 106 cm³/mol. The van der Waals surface area contributed by atoms with Gasteiger partial charge >= 0.3 is 0 Å². The number of hydrogen-bond acceptors (Lipinski definition) is 6. The Morgan fingerprint density at radius 3 is 2.92 bits per heavy atom. The summed E-state index contributed by atoms with van der Waals surface area (Å²) in [5.41, 5.74) is 2.02. The van der Waals surface area contributed by atoms with Crippen molar-refractivity contribution in [1.29, 1.82) is 0 Å². The average molecular weight is 403 g/mol. The minimum Gasteiger partial charge on any atom is -0.486 e. The molecule has 2 heterocycles. The molecular weight excluding hydrogens is 388 g/mol. The van der Waals surface area contributed by atoms with Gasteiger partial charge in [-0.05, 0) is 42.8 Å². The highest BCUT2D eigenvalue weighted by Crippen LogP contribution is 2.27. The molecule has 4 rings (SSSR count). The lowest BCUT2D eigenvalue weighted by molar-refractivity contribution is 0.296. The number of para-hydroxylation sites is 1. The molecule has 5 nitrogen and oxygen atoms in total. The van der Waals surface area contributed by atoms with Gasteiger partial charge in [-0.15, -0.1) is 16.4 Å². The van der Waals surface area contributed by atoms with E-state index in [1.165, 1.54) is 4.70 Å². The number of hydrogen-bond donors (Lipinski definition) is 1. The van der Waals surface area contributed by atoms with Gasteiger partial charge in [-0.25, -0.2) is 9.97 Å². The fourth-order valence-electron chi connectivity index (χ4n) is 2.37. The zero-order valence-electron chi connectivity index (χ0n) is 13.9. The van der Waals surface area contributed by atoms with E-state index in [0.717, 1.165) is 32.6 Å². The number of thiazole rings is 1. The van der Waals surface area contributed by atoms with Crippen molar-refractivity contribution >= 4 is 44.9 Å². The van der Waals surface area contributed by atoms with E-state index in [9.17, 15) is 0 Å². The maximum absolute atomic E-state index is 6.02. The van der Waals surface area contributed by atoms with Crippen LogP contribution in [-0.4, -0.2) is 20.2 Å². The Bertz CT molecular complexity index is 1010. The lowest BCUT2D eigenvalue weighted by Gasteiger charge is -2.05. The van der Waals surface area contributed by atoms with E-state index in [2.05, 4.69) is 26.2 Å². The molecule has 0 aliphatic rings. The molecule has 0 saturated carbocycles. The number of H-pyrrole nitrogens is 1. The number of benzene rings is 2. The van der Waals surface area contributed by atoms with Crippen LogP contribution < -0.4 is 4.74 Å². The zero-order valence-corrected chi connectivity index (χ0v) is 16.3. The van der Waals surface area contributed by atoms with Gasteiger partial charge in [-0.1, -0.05) is 35.5 Å². The SMILES string of the molecule is Cc1cc(OCc2nc(SCc3nc4ccccc4s3)n[nH]2)ccc1Cl. The highest BCUT2D eigenvalue weighted by Gasteiger charge is 2.08. The van der Waals surface area contributed by atoms with E-state index in [-0.39, 0.29) is 0 Å². The van der Waals surface area contributed by atoms with Crippen molar-refractivity contribution in [1.82, 2.24) is 20.2 Å². The first-order valence-electron chi connectivity index (χ1n) is 7.95. The zero-order chi connectivity index (χ0) is 17.9. The van der Waals surface area contributed by atoms with Gasteiger partial charge in [-0.2, -0.15) is 0 Å². The molecule has 2 aromatic carbocycles. The Balaban J connectivity index is 1.34. The number of aromatic amines is 1. The van der Waals surface area contributed by atoms with Gasteiger partial charge in [0, 0.05) is 5.02 Å². The predicted octanol–water partition coefficient (Wildman–Crippen LogP) is 5.25. The second kappa shape index (κ2) is 7.65. The van der Waals surface area contributed by atoms with Gasteiger partial charge in [0.1, 0.15) is 17.4 Å². The summed E-state index contributed by atoms with van der Waals surface area (Å²) in [4.78, 5) is 9.08. The largest absolute Gasteiger partial charge is 0.486 e. The summed E-state index contributed by atoms with van der Waals surface area (Å²) in [5, 5.41) is 9.63. The van der Waals surface area contributed by atoms with Crippen LogP contribution >= 0.6 is 34.7 Å². The Labute approximate surface area is 163 Å². The Kier molecular flexibility index (Phi) is 5.10. The molecule has 2 aromatic heterocycles. The normalized spacial score (nSPS) is 11.2. The van der Waals surface area contributed by atoms with Crippen molar-refractivity contribution in [3.63, 3.8) is 0 Å². The quantitative estimate of drug-likeness (QED) is 0.446. The van der Waals surface area contributed by atoms with Gasteiger partial charge in [0.2, 0.25) is 5.16 Å². The molecule has 8 heteroatoms. The van der Waals surface area contributed by atoms with Crippen LogP contribution in [0.5, 0.6) is 5.75 Å². The maximum Gasteiger partial charge on any atom is 0.208 e. The third-order valence-electron chi connectivity index (χ3n) is 3.68. The molecular formula is C18H15ClN4OS2. The minimum atomic E-state index is 0.329. The number of fused-ring (bicyclic) bond motifs is 1. The fraction of sp³-hybridized carbons (Fsp3) is 0.167. The van der Waals surface area contributed by atoms with E-state index in [1.54, 1.807) is 23.1 Å². The molecule has 0 aliphatic heterocycles. The summed E-state index contributed by atoms with van der Waals surface area (Å²) in [6.45, 7) is 2.27. The summed E-state index contributed by atoms with van der Waals surface area (Å²) < 4.78 is 6.93. The number of rotatable bonds is 6. The van der Waals surface area contributed by atoms with Gasteiger partial charge < -0.3 is 4.74 Å². The first kappa shape index (κ1) is 17.3. The van der Waals surface area contributed by atoms with Crippen molar-refractivity contribution in [2.75, 3.05) is 0 Å². The molecule has 0 spiro atoms. The van der Waals surface area contributed by atoms with Crippen molar-refractivity contribution in [3.05, 3.63) is 63.9 Å². The number of aromatic nitrogens is 4. The number of ether oxygens (including phenoxy) is 1. The third kappa shape index (κ3) is 4.00. The minimum absolute atomic E-state index is 0.329. The lowest BCUT2D eigenvalue weighted by Crippen LogP contribution is -1.97. The molecule has 4 aromatic rings. The van der Waals surface area contributed by atoms with E-state index in [1.807, 2.05) is 43.3 Å². The number of halogens is 1. The molecule has 0 bridgehead atoms. The lowest BCUT2D eigenvalue weighted by atomic mass is 10.2. The van der Waals surface area contributed by atoms with Crippen LogP contribution in [0.3, 0.4) is 0 Å². The molecule has 132 valence electrons. The number of aryl methyl sites for hydroxylation is 1. The van der Waals surface area contributed by atoms with Crippen molar-refractivity contribution < 1.29 is 4.74 Å². The van der Waals surface area contributed by atoms with E-state index < -0.39 is 0 Å². The molecule has 1 N–H and O–H groups in total. The first-order chi connectivity index (χ1) is 12.7. The standard InChI is InChI=1S/C18H15ClN4OS2/c1-11-8-12(6-7-13(11)19)24-9-16-21-18(23-22-16)25-10-17-20-14-4-2-3-5-15(14)26-17/h2-8H,9-10H2,1H3,(H,21,22,23). The monoisotopic (exact) mass is 402 g/mol. The van der Waals surface area contributed by atoms with Crippen LogP contribution in [0.2, 0.25) is 5.02 Å². The smallest absolute Gasteiger partial charge is 0.208 e. The molecule has 0 radical (unpaired) electrons. The average Bonchev–Trinajstić information content (AvgIpc) is 3.27. The molecule has 0 amide bonds. The molecule has 0 saturated heterocycles. The summed E-state index contributed by atoms with van der Waals surface area (Å²) in [7, 11) is 0. The van der Waals surface area contributed by atoms with Crippen LogP contribution in [0, 0.1) is 6.92 Å². The first-order valence-corrected chi connectivity index (χ1v) is 10.1. The van der Waals surface area contributed by atoms with Crippen molar-refractivity contribution in [3.8, 4) is 5.75 Å². The molecule has 0 atom stereocenters. The second-order valence-corrected chi connectivity index (χ2v) is 8.09. The summed E-state index contributed by atoms with van der Waals surface area (Å²) in [5.74, 6) is 2.19. The van der Waals surface area contributed by atoms with Crippen LogP contribution in [-0.2, 0) is 12.4 Å². The number of nitrogens with one attached hydrogen (secondary N) is 1. The Morgan fingerprint density at radius 1 is 1.19 bits per heavy atom. The third-order valence-corrected chi connectivity index (χ3v) is 6.18. The molecule has 0 aliphatic carbocycles. The van der Waals surface area contributed by atoms with Gasteiger partial charge in [0.25, 0.3) is 0 Å². The van der Waals surface area contributed by atoms with Crippen LogP contribution in [0.4, 0.5) is 0 Å².